The lowest BCUT2D eigenvalue weighted by Gasteiger charge is -2.26. The highest BCUT2D eigenvalue weighted by molar-refractivity contribution is 5.64. The molecular formula is C15H20N2O2. The van der Waals surface area contributed by atoms with Crippen LogP contribution in [-0.2, 0) is 4.74 Å². The minimum absolute atomic E-state index is 0.0836. The van der Waals surface area contributed by atoms with Crippen molar-refractivity contribution in [2.45, 2.75) is 33.1 Å². The third kappa shape index (κ3) is 5.43. The zero-order chi connectivity index (χ0) is 14.5. The fraction of sp³-hybridized carbons (Fsp3) is 0.467. The number of amides is 1. The van der Waals surface area contributed by atoms with Crippen molar-refractivity contribution >= 4 is 6.09 Å². The summed E-state index contributed by atoms with van der Waals surface area (Å²) < 4.78 is 4.93. The monoisotopic (exact) mass is 260 g/mol. The van der Waals surface area contributed by atoms with E-state index in [1.165, 1.54) is 0 Å². The van der Waals surface area contributed by atoms with Crippen LogP contribution in [0.4, 0.5) is 4.79 Å². The Bertz CT molecular complexity index is 466. The number of hydrogen-bond acceptors (Lipinski definition) is 3. The van der Waals surface area contributed by atoms with Crippen molar-refractivity contribution in [2.75, 3.05) is 6.61 Å². The topological polar surface area (TPSA) is 76.1 Å². The molecule has 0 fully saturated rings. The van der Waals surface area contributed by atoms with Gasteiger partial charge in [-0.25, -0.2) is 4.79 Å². The SMILES string of the molecule is CC(C)(C)CC(COC(N)=O)c1ccc(C#N)cc1. The van der Waals surface area contributed by atoms with Crippen molar-refractivity contribution in [1.29, 1.82) is 5.26 Å². The van der Waals surface area contributed by atoms with Gasteiger partial charge in [0.05, 0.1) is 11.6 Å². The zero-order valence-corrected chi connectivity index (χ0v) is 11.6. The van der Waals surface area contributed by atoms with Crippen LogP contribution >= 0.6 is 0 Å². The molecule has 1 unspecified atom stereocenters. The number of primary amides is 1. The van der Waals surface area contributed by atoms with E-state index in [1.54, 1.807) is 12.1 Å². The summed E-state index contributed by atoms with van der Waals surface area (Å²) in [5.74, 6) is 0.0836. The molecule has 1 aromatic rings. The molecule has 0 spiro atoms. The van der Waals surface area contributed by atoms with Crippen LogP contribution in [0.1, 0.15) is 44.2 Å². The average molecular weight is 260 g/mol. The highest BCUT2D eigenvalue weighted by Crippen LogP contribution is 2.31. The van der Waals surface area contributed by atoms with E-state index in [0.29, 0.717) is 5.56 Å². The molecule has 1 amide bonds. The first kappa shape index (κ1) is 15.0. The number of nitriles is 1. The average Bonchev–Trinajstić information content (AvgIpc) is 2.33. The minimum atomic E-state index is -0.757. The number of carbonyl (C=O) groups is 1. The molecule has 0 saturated heterocycles. The number of ether oxygens (including phenoxy) is 1. The molecule has 0 aliphatic carbocycles. The van der Waals surface area contributed by atoms with Crippen LogP contribution in [0.3, 0.4) is 0 Å². The van der Waals surface area contributed by atoms with Gasteiger partial charge >= 0.3 is 6.09 Å². The second kappa shape index (κ2) is 6.24. The van der Waals surface area contributed by atoms with Crippen LogP contribution in [0.15, 0.2) is 24.3 Å². The van der Waals surface area contributed by atoms with Gasteiger partial charge < -0.3 is 10.5 Å². The molecule has 0 aliphatic heterocycles. The van der Waals surface area contributed by atoms with Gasteiger partial charge in [0.1, 0.15) is 6.61 Å². The van der Waals surface area contributed by atoms with Crippen molar-refractivity contribution in [3.8, 4) is 6.07 Å². The minimum Gasteiger partial charge on any atom is -0.449 e. The molecule has 2 N–H and O–H groups in total. The summed E-state index contributed by atoms with van der Waals surface area (Å²) >= 11 is 0. The van der Waals surface area contributed by atoms with Crippen molar-refractivity contribution in [3.05, 3.63) is 35.4 Å². The Labute approximate surface area is 114 Å². The van der Waals surface area contributed by atoms with Crippen LogP contribution in [0, 0.1) is 16.7 Å². The van der Waals surface area contributed by atoms with E-state index >= 15 is 0 Å². The summed E-state index contributed by atoms with van der Waals surface area (Å²) in [7, 11) is 0. The van der Waals surface area contributed by atoms with E-state index in [2.05, 4.69) is 26.8 Å². The molecule has 1 rings (SSSR count). The molecule has 0 saturated carbocycles. The van der Waals surface area contributed by atoms with E-state index in [-0.39, 0.29) is 17.9 Å². The number of hydrogen-bond donors (Lipinski definition) is 1. The molecule has 19 heavy (non-hydrogen) atoms. The molecule has 4 heteroatoms. The third-order valence-electron chi connectivity index (χ3n) is 2.80. The van der Waals surface area contributed by atoms with Gasteiger partial charge in [-0.15, -0.1) is 0 Å². The molecular weight excluding hydrogens is 240 g/mol. The Hall–Kier alpha value is -2.02. The smallest absolute Gasteiger partial charge is 0.404 e. The first-order valence-electron chi connectivity index (χ1n) is 6.24. The quantitative estimate of drug-likeness (QED) is 0.903. The molecule has 102 valence electrons. The lowest BCUT2D eigenvalue weighted by molar-refractivity contribution is 0.140. The predicted molar refractivity (Wildman–Crippen MR) is 73.5 cm³/mol. The van der Waals surface area contributed by atoms with Gasteiger partial charge in [0.15, 0.2) is 0 Å². The largest absolute Gasteiger partial charge is 0.449 e. The Balaban J connectivity index is 2.87. The maximum absolute atomic E-state index is 10.8. The van der Waals surface area contributed by atoms with E-state index < -0.39 is 6.09 Å². The Morgan fingerprint density at radius 2 is 1.95 bits per heavy atom. The van der Waals surface area contributed by atoms with E-state index in [0.717, 1.165) is 12.0 Å². The summed E-state index contributed by atoms with van der Waals surface area (Å²) in [4.78, 5) is 10.8. The van der Waals surface area contributed by atoms with E-state index in [9.17, 15) is 4.79 Å². The van der Waals surface area contributed by atoms with Crippen LogP contribution < -0.4 is 5.73 Å². The standard InChI is InChI=1S/C15H20N2O2/c1-15(2,3)8-13(10-19-14(17)18)12-6-4-11(9-16)5-7-12/h4-7,13H,8,10H2,1-3H3,(H2,17,18). The summed E-state index contributed by atoms with van der Waals surface area (Å²) in [6.07, 6.45) is 0.110. The molecule has 0 aromatic heterocycles. The maximum Gasteiger partial charge on any atom is 0.404 e. The summed E-state index contributed by atoms with van der Waals surface area (Å²) in [5.41, 5.74) is 6.81. The van der Waals surface area contributed by atoms with Crippen LogP contribution in [0.2, 0.25) is 0 Å². The van der Waals surface area contributed by atoms with Crippen LogP contribution in [0.25, 0.3) is 0 Å². The zero-order valence-electron chi connectivity index (χ0n) is 11.6. The molecule has 0 bridgehead atoms. The molecule has 1 aromatic carbocycles. The molecule has 1 atom stereocenters. The fourth-order valence-electron chi connectivity index (χ4n) is 2.02. The first-order chi connectivity index (χ1) is 8.81. The summed E-state index contributed by atoms with van der Waals surface area (Å²) in [5, 5.41) is 8.79. The maximum atomic E-state index is 10.8. The normalized spacial score (nSPS) is 12.5. The lowest BCUT2D eigenvalue weighted by atomic mass is 9.81. The molecule has 0 heterocycles. The number of carbonyl (C=O) groups excluding carboxylic acids is 1. The van der Waals surface area contributed by atoms with Crippen LogP contribution in [0.5, 0.6) is 0 Å². The third-order valence-corrected chi connectivity index (χ3v) is 2.80. The van der Waals surface area contributed by atoms with Gasteiger partial charge in [0.25, 0.3) is 0 Å². The highest BCUT2D eigenvalue weighted by atomic mass is 16.5. The number of nitrogens with two attached hydrogens (primary N) is 1. The molecule has 0 aliphatic rings. The second-order valence-corrected chi connectivity index (χ2v) is 5.83. The van der Waals surface area contributed by atoms with Crippen molar-refractivity contribution in [3.63, 3.8) is 0 Å². The predicted octanol–water partition coefficient (Wildman–Crippen LogP) is 3.17. The van der Waals surface area contributed by atoms with Gasteiger partial charge in [-0.2, -0.15) is 5.26 Å². The highest BCUT2D eigenvalue weighted by Gasteiger charge is 2.21. The lowest BCUT2D eigenvalue weighted by Crippen LogP contribution is -2.21. The number of rotatable bonds is 4. The molecule has 4 nitrogen and oxygen atoms in total. The van der Waals surface area contributed by atoms with E-state index in [4.69, 9.17) is 15.7 Å². The Morgan fingerprint density at radius 3 is 2.37 bits per heavy atom. The van der Waals surface area contributed by atoms with Gasteiger partial charge in [-0.05, 0) is 29.5 Å². The Kier molecular flexibility index (Phi) is 4.94. The first-order valence-corrected chi connectivity index (χ1v) is 6.24. The van der Waals surface area contributed by atoms with E-state index in [1.807, 2.05) is 12.1 Å². The van der Waals surface area contributed by atoms with Crippen molar-refractivity contribution in [1.82, 2.24) is 0 Å². The van der Waals surface area contributed by atoms with Crippen molar-refractivity contribution < 1.29 is 9.53 Å². The fourth-order valence-corrected chi connectivity index (χ4v) is 2.02. The van der Waals surface area contributed by atoms with Crippen molar-refractivity contribution in [2.24, 2.45) is 11.1 Å². The van der Waals surface area contributed by atoms with Gasteiger partial charge in [0.2, 0.25) is 0 Å². The second-order valence-electron chi connectivity index (χ2n) is 5.83. The van der Waals surface area contributed by atoms with Gasteiger partial charge in [-0.3, -0.25) is 0 Å². The number of nitrogens with zero attached hydrogens (tertiary/aromatic N) is 1. The number of benzene rings is 1. The van der Waals surface area contributed by atoms with Gasteiger partial charge in [0, 0.05) is 5.92 Å². The summed E-state index contributed by atoms with van der Waals surface area (Å²) in [6.45, 7) is 6.66. The molecule has 0 radical (unpaired) electrons. The summed E-state index contributed by atoms with van der Waals surface area (Å²) in [6, 6.07) is 9.44. The van der Waals surface area contributed by atoms with Gasteiger partial charge in [-0.1, -0.05) is 32.9 Å². The Morgan fingerprint density at radius 1 is 1.37 bits per heavy atom. The van der Waals surface area contributed by atoms with Crippen LogP contribution in [-0.4, -0.2) is 12.7 Å².